The Kier molecular flexibility index (Phi) is 5.05. The van der Waals surface area contributed by atoms with Gasteiger partial charge in [-0.15, -0.1) is 13.2 Å². The maximum absolute atomic E-state index is 12.3. The summed E-state index contributed by atoms with van der Waals surface area (Å²) in [7, 11) is 0. The molecule has 0 unspecified atom stereocenters. The summed E-state index contributed by atoms with van der Waals surface area (Å²) in [5, 5.41) is 22.5. The van der Waals surface area contributed by atoms with Gasteiger partial charge in [-0.2, -0.15) is 0 Å². The first-order chi connectivity index (χ1) is 12.2. The lowest BCUT2D eigenvalue weighted by molar-refractivity contribution is -0.274. The first kappa shape index (κ1) is 18.8. The second-order valence-corrected chi connectivity index (χ2v) is 7.18. The van der Waals surface area contributed by atoms with E-state index in [2.05, 4.69) is 10.1 Å². The zero-order valence-electron chi connectivity index (χ0n) is 14.1. The van der Waals surface area contributed by atoms with Crippen molar-refractivity contribution < 1.29 is 32.9 Å². The van der Waals surface area contributed by atoms with Gasteiger partial charge in [-0.25, -0.2) is 4.79 Å². The van der Waals surface area contributed by atoms with Gasteiger partial charge >= 0.3 is 12.5 Å². The summed E-state index contributed by atoms with van der Waals surface area (Å²) in [5.41, 5.74) is 0.233. The predicted molar refractivity (Wildman–Crippen MR) is 87.0 cm³/mol. The number of carboxylic acid groups (broad SMARTS) is 1. The third-order valence-electron chi connectivity index (χ3n) is 5.76. The maximum atomic E-state index is 12.3. The van der Waals surface area contributed by atoms with E-state index in [1.807, 2.05) is 0 Å². The first-order valence-corrected chi connectivity index (χ1v) is 8.75. The van der Waals surface area contributed by atoms with Crippen molar-refractivity contribution in [2.45, 2.75) is 62.4 Å². The second kappa shape index (κ2) is 6.98. The topological polar surface area (TPSA) is 78.8 Å². The van der Waals surface area contributed by atoms with Crippen LogP contribution in [0.25, 0.3) is 0 Å². The van der Waals surface area contributed by atoms with Gasteiger partial charge in [0.1, 0.15) is 5.75 Å². The van der Waals surface area contributed by atoms with Crippen molar-refractivity contribution in [3.63, 3.8) is 0 Å². The van der Waals surface area contributed by atoms with Crippen LogP contribution >= 0.6 is 0 Å². The number of aliphatic hydroxyl groups excluding tert-OH is 1. The Bertz CT molecular complexity index is 643. The van der Waals surface area contributed by atoms with Gasteiger partial charge in [-0.05, 0) is 43.4 Å². The largest absolute Gasteiger partial charge is 0.573 e. The SMILES string of the molecule is O=C(O)N[C@H]1CCC[C@H]1[C@@H](O)C1(c2ccc(OC(F)(F)F)cc2)CCC1. The van der Waals surface area contributed by atoms with Crippen LogP contribution in [0.1, 0.15) is 44.1 Å². The number of nitrogens with one attached hydrogen (secondary N) is 1. The van der Waals surface area contributed by atoms with Crippen LogP contribution in [0.3, 0.4) is 0 Å². The molecular formula is C18H22F3NO4. The van der Waals surface area contributed by atoms with E-state index in [1.165, 1.54) is 12.1 Å². The van der Waals surface area contributed by atoms with Crippen molar-refractivity contribution >= 4 is 6.09 Å². The highest BCUT2D eigenvalue weighted by Gasteiger charge is 2.50. The van der Waals surface area contributed by atoms with E-state index in [0.717, 1.165) is 37.7 Å². The number of ether oxygens (including phenoxy) is 1. The Balaban J connectivity index is 1.79. The highest BCUT2D eigenvalue weighted by molar-refractivity contribution is 5.65. The summed E-state index contributed by atoms with van der Waals surface area (Å²) in [5.74, 6) is -0.492. The molecule has 2 saturated carbocycles. The molecule has 0 heterocycles. The highest BCUT2D eigenvalue weighted by Crippen LogP contribution is 2.51. The third-order valence-corrected chi connectivity index (χ3v) is 5.76. The molecule has 1 amide bonds. The molecule has 3 atom stereocenters. The number of alkyl halides is 3. The molecule has 8 heteroatoms. The number of amides is 1. The lowest BCUT2D eigenvalue weighted by Gasteiger charge is -2.49. The fraction of sp³-hybridized carbons (Fsp3) is 0.611. The van der Waals surface area contributed by atoms with Crippen LogP contribution in [0.2, 0.25) is 0 Å². The second-order valence-electron chi connectivity index (χ2n) is 7.18. The Hall–Kier alpha value is -1.96. The van der Waals surface area contributed by atoms with Crippen LogP contribution in [0.5, 0.6) is 5.75 Å². The molecule has 0 aliphatic heterocycles. The number of hydrogen-bond donors (Lipinski definition) is 3. The number of aliphatic hydroxyl groups is 1. The Labute approximate surface area is 149 Å². The van der Waals surface area contributed by atoms with Gasteiger partial charge in [0, 0.05) is 17.4 Å². The zero-order valence-corrected chi connectivity index (χ0v) is 14.1. The first-order valence-electron chi connectivity index (χ1n) is 8.75. The lowest BCUT2D eigenvalue weighted by Crippen LogP contribution is -2.53. The molecule has 2 fully saturated rings. The third kappa shape index (κ3) is 3.75. The van der Waals surface area contributed by atoms with E-state index < -0.39 is 24.0 Å². The summed E-state index contributed by atoms with van der Waals surface area (Å²) in [6, 6.07) is 5.36. The van der Waals surface area contributed by atoms with Crippen molar-refractivity contribution in [2.24, 2.45) is 5.92 Å². The molecule has 0 radical (unpaired) electrons. The number of halogens is 3. The quantitative estimate of drug-likeness (QED) is 0.734. The van der Waals surface area contributed by atoms with Gasteiger partial charge in [0.15, 0.2) is 0 Å². The minimum absolute atomic E-state index is 0.197. The van der Waals surface area contributed by atoms with E-state index in [9.17, 15) is 23.1 Å². The average Bonchev–Trinajstić information content (AvgIpc) is 2.93. The summed E-state index contributed by atoms with van der Waals surface area (Å²) < 4.78 is 40.9. The van der Waals surface area contributed by atoms with E-state index in [-0.39, 0.29) is 17.7 Å². The number of rotatable bonds is 5. The van der Waals surface area contributed by atoms with Gasteiger partial charge in [0.25, 0.3) is 0 Å². The molecule has 1 aromatic carbocycles. The molecule has 0 bridgehead atoms. The zero-order chi connectivity index (χ0) is 18.9. The van der Waals surface area contributed by atoms with Crippen LogP contribution < -0.4 is 10.1 Å². The fourth-order valence-corrected chi connectivity index (χ4v) is 4.42. The molecule has 3 N–H and O–H groups in total. The van der Waals surface area contributed by atoms with E-state index >= 15 is 0 Å². The van der Waals surface area contributed by atoms with Crippen LogP contribution in [-0.2, 0) is 5.41 Å². The van der Waals surface area contributed by atoms with E-state index in [0.29, 0.717) is 6.42 Å². The summed E-state index contributed by atoms with van der Waals surface area (Å²) >= 11 is 0. The lowest BCUT2D eigenvalue weighted by atomic mass is 9.58. The normalized spacial score (nSPS) is 26.0. The van der Waals surface area contributed by atoms with Crippen molar-refractivity contribution in [1.29, 1.82) is 0 Å². The minimum Gasteiger partial charge on any atom is -0.465 e. The van der Waals surface area contributed by atoms with Crippen molar-refractivity contribution in [1.82, 2.24) is 5.32 Å². The van der Waals surface area contributed by atoms with Gasteiger partial charge in [-0.1, -0.05) is 25.0 Å². The standard InChI is InChI=1S/C18H22F3NO4/c19-18(20,21)26-12-7-5-11(6-8-12)17(9-2-10-17)15(23)13-3-1-4-14(13)22-16(24)25/h5-8,13-15,22-23H,1-4,9-10H2,(H,24,25)/t13-,14+,15-/m1/s1. The molecular weight excluding hydrogens is 351 g/mol. The molecule has 5 nitrogen and oxygen atoms in total. The molecule has 3 rings (SSSR count). The van der Waals surface area contributed by atoms with Crippen molar-refractivity contribution in [2.75, 3.05) is 0 Å². The molecule has 0 aromatic heterocycles. The molecule has 2 aliphatic carbocycles. The number of hydrogen-bond acceptors (Lipinski definition) is 3. The van der Waals surface area contributed by atoms with Gasteiger partial charge < -0.3 is 20.3 Å². The Morgan fingerprint density at radius 2 is 1.85 bits per heavy atom. The van der Waals surface area contributed by atoms with Crippen molar-refractivity contribution in [3.05, 3.63) is 29.8 Å². The monoisotopic (exact) mass is 373 g/mol. The number of benzene rings is 1. The van der Waals surface area contributed by atoms with Gasteiger partial charge in [0.2, 0.25) is 0 Å². The highest BCUT2D eigenvalue weighted by atomic mass is 19.4. The van der Waals surface area contributed by atoms with Crippen LogP contribution in [-0.4, -0.2) is 34.8 Å². The summed E-state index contributed by atoms with van der Waals surface area (Å²) in [6.45, 7) is 0. The number of carbonyl (C=O) groups is 1. The van der Waals surface area contributed by atoms with Crippen LogP contribution in [0, 0.1) is 5.92 Å². The smallest absolute Gasteiger partial charge is 0.465 e. The molecule has 144 valence electrons. The molecule has 0 saturated heterocycles. The van der Waals surface area contributed by atoms with Crippen LogP contribution in [0.15, 0.2) is 24.3 Å². The van der Waals surface area contributed by atoms with Gasteiger partial charge in [-0.3, -0.25) is 0 Å². The maximum Gasteiger partial charge on any atom is 0.573 e. The Morgan fingerprint density at radius 3 is 2.35 bits per heavy atom. The fourth-order valence-electron chi connectivity index (χ4n) is 4.42. The molecule has 0 spiro atoms. The molecule has 2 aliphatic rings. The predicted octanol–water partition coefficient (Wildman–Crippen LogP) is 3.80. The van der Waals surface area contributed by atoms with E-state index in [1.54, 1.807) is 12.1 Å². The summed E-state index contributed by atoms with van der Waals surface area (Å²) in [4.78, 5) is 11.0. The minimum atomic E-state index is -4.74. The molecule has 26 heavy (non-hydrogen) atoms. The summed E-state index contributed by atoms with van der Waals surface area (Å²) in [6.07, 6.45) is -1.98. The van der Waals surface area contributed by atoms with Crippen LogP contribution in [0.4, 0.5) is 18.0 Å². The average molecular weight is 373 g/mol. The Morgan fingerprint density at radius 1 is 1.19 bits per heavy atom. The van der Waals surface area contributed by atoms with E-state index in [4.69, 9.17) is 5.11 Å². The van der Waals surface area contributed by atoms with Gasteiger partial charge in [0.05, 0.1) is 6.10 Å². The van der Waals surface area contributed by atoms with Crippen molar-refractivity contribution in [3.8, 4) is 5.75 Å². The molecule has 1 aromatic rings.